The van der Waals surface area contributed by atoms with E-state index in [0.29, 0.717) is 0 Å². The predicted octanol–water partition coefficient (Wildman–Crippen LogP) is 3.22. The zero-order chi connectivity index (χ0) is 13.0. The molecule has 0 spiro atoms. The summed E-state index contributed by atoms with van der Waals surface area (Å²) in [6.07, 6.45) is 2.34. The van der Waals surface area contributed by atoms with Gasteiger partial charge in [-0.3, -0.25) is 0 Å². The number of hydrogen-bond acceptors (Lipinski definition) is 3. The van der Waals surface area contributed by atoms with E-state index in [2.05, 4.69) is 32.0 Å². The predicted molar refractivity (Wildman–Crippen MR) is 79.1 cm³/mol. The molecule has 0 radical (unpaired) electrons. The van der Waals surface area contributed by atoms with Gasteiger partial charge in [0.1, 0.15) is 0 Å². The Morgan fingerprint density at radius 2 is 2.00 bits per heavy atom. The highest BCUT2D eigenvalue weighted by atomic mass is 32.2. The van der Waals surface area contributed by atoms with E-state index < -0.39 is 0 Å². The summed E-state index contributed by atoms with van der Waals surface area (Å²) in [4.78, 5) is 0. The molecule has 100 valence electrons. The Balaban J connectivity index is 1.86. The third-order valence-electron chi connectivity index (χ3n) is 3.64. The number of aryl methyl sites for hydroxylation is 2. The molecule has 2 N–H and O–H groups in total. The highest BCUT2D eigenvalue weighted by Gasteiger charge is 2.16. The van der Waals surface area contributed by atoms with E-state index in [4.69, 9.17) is 10.5 Å². The fourth-order valence-electron chi connectivity index (χ4n) is 2.17. The van der Waals surface area contributed by atoms with Crippen LogP contribution in [0.4, 0.5) is 0 Å². The Kier molecular flexibility index (Phi) is 5.10. The molecular formula is C15H23NOS. The van der Waals surface area contributed by atoms with Crippen molar-refractivity contribution < 1.29 is 4.74 Å². The van der Waals surface area contributed by atoms with Crippen LogP contribution in [0.15, 0.2) is 18.2 Å². The summed E-state index contributed by atoms with van der Waals surface area (Å²) in [5.41, 5.74) is 10.2. The Labute approximate surface area is 114 Å². The largest absolute Gasteiger partial charge is 0.381 e. The van der Waals surface area contributed by atoms with Crippen LogP contribution in [0.25, 0.3) is 0 Å². The van der Waals surface area contributed by atoms with Crippen molar-refractivity contribution in [2.45, 2.75) is 38.0 Å². The number of thioether (sulfide) groups is 1. The lowest BCUT2D eigenvalue weighted by molar-refractivity contribution is 0.1000. The van der Waals surface area contributed by atoms with E-state index in [-0.39, 0.29) is 6.04 Å². The first-order chi connectivity index (χ1) is 8.66. The first-order valence-electron chi connectivity index (χ1n) is 6.69. The number of benzene rings is 1. The molecule has 1 aromatic rings. The molecule has 1 aliphatic heterocycles. The van der Waals surface area contributed by atoms with Gasteiger partial charge in [-0.2, -0.15) is 11.8 Å². The Morgan fingerprint density at radius 3 is 2.67 bits per heavy atom. The highest BCUT2D eigenvalue weighted by Crippen LogP contribution is 2.26. The fourth-order valence-corrected chi connectivity index (χ4v) is 3.37. The van der Waals surface area contributed by atoms with Crippen molar-refractivity contribution in [1.82, 2.24) is 0 Å². The lowest BCUT2D eigenvalue weighted by atomic mass is 10.0. The average molecular weight is 265 g/mol. The highest BCUT2D eigenvalue weighted by molar-refractivity contribution is 7.99. The van der Waals surface area contributed by atoms with Crippen molar-refractivity contribution in [1.29, 1.82) is 0 Å². The van der Waals surface area contributed by atoms with Gasteiger partial charge in [0, 0.05) is 30.3 Å². The molecule has 1 heterocycles. The number of hydrogen-bond donors (Lipinski definition) is 1. The molecule has 1 aromatic carbocycles. The summed E-state index contributed by atoms with van der Waals surface area (Å²) in [5, 5.41) is 0.733. The van der Waals surface area contributed by atoms with Gasteiger partial charge < -0.3 is 10.5 Å². The molecule has 0 aliphatic carbocycles. The van der Waals surface area contributed by atoms with Crippen molar-refractivity contribution in [3.8, 4) is 0 Å². The van der Waals surface area contributed by atoms with Gasteiger partial charge in [-0.25, -0.2) is 0 Å². The number of rotatable bonds is 4. The zero-order valence-corrected chi connectivity index (χ0v) is 12.1. The van der Waals surface area contributed by atoms with Gasteiger partial charge in [0.25, 0.3) is 0 Å². The molecule has 1 aliphatic rings. The molecule has 1 atom stereocenters. The van der Waals surface area contributed by atoms with Crippen LogP contribution in [0.1, 0.15) is 35.6 Å². The van der Waals surface area contributed by atoms with Gasteiger partial charge in [0.2, 0.25) is 0 Å². The summed E-state index contributed by atoms with van der Waals surface area (Å²) in [6.45, 7) is 6.12. The van der Waals surface area contributed by atoms with Crippen molar-refractivity contribution >= 4 is 11.8 Å². The summed E-state index contributed by atoms with van der Waals surface area (Å²) in [6, 6.07) is 6.71. The second kappa shape index (κ2) is 6.60. The minimum atomic E-state index is 0.150. The molecule has 3 heteroatoms. The molecular weight excluding hydrogens is 242 g/mol. The van der Waals surface area contributed by atoms with Gasteiger partial charge in [0.15, 0.2) is 0 Å². The summed E-state index contributed by atoms with van der Waals surface area (Å²) in [5.74, 6) is 1.01. The van der Waals surface area contributed by atoms with Crippen molar-refractivity contribution in [2.75, 3.05) is 19.0 Å². The molecule has 1 fully saturated rings. The van der Waals surface area contributed by atoms with Crippen LogP contribution in [0.5, 0.6) is 0 Å². The lowest BCUT2D eigenvalue weighted by Crippen LogP contribution is -2.21. The molecule has 0 saturated carbocycles. The third kappa shape index (κ3) is 3.74. The van der Waals surface area contributed by atoms with Gasteiger partial charge in [-0.15, -0.1) is 0 Å². The third-order valence-corrected chi connectivity index (χ3v) is 5.13. The maximum Gasteiger partial charge on any atom is 0.0476 e. The first kappa shape index (κ1) is 13.9. The van der Waals surface area contributed by atoms with Crippen LogP contribution in [0.3, 0.4) is 0 Å². The Hall–Kier alpha value is -0.510. The SMILES string of the molecule is Cc1ccc(C(N)CSC2CCOCC2)cc1C. The summed E-state index contributed by atoms with van der Waals surface area (Å²) < 4.78 is 5.38. The van der Waals surface area contributed by atoms with E-state index in [1.807, 2.05) is 11.8 Å². The Morgan fingerprint density at radius 1 is 1.28 bits per heavy atom. The standard InChI is InChI=1S/C15H23NOS/c1-11-3-4-13(9-12(11)2)15(16)10-18-14-5-7-17-8-6-14/h3-4,9,14-15H,5-8,10,16H2,1-2H3. The molecule has 2 nitrogen and oxygen atoms in total. The summed E-state index contributed by atoms with van der Waals surface area (Å²) >= 11 is 2.01. The second-order valence-corrected chi connectivity index (χ2v) is 6.43. The summed E-state index contributed by atoms with van der Waals surface area (Å²) in [7, 11) is 0. The number of ether oxygens (including phenoxy) is 1. The van der Waals surface area contributed by atoms with Crippen LogP contribution in [0.2, 0.25) is 0 Å². The first-order valence-corrected chi connectivity index (χ1v) is 7.74. The molecule has 1 unspecified atom stereocenters. The van der Waals surface area contributed by atoms with Crippen LogP contribution in [-0.4, -0.2) is 24.2 Å². The molecule has 0 bridgehead atoms. The van der Waals surface area contributed by atoms with E-state index in [1.165, 1.54) is 29.5 Å². The van der Waals surface area contributed by atoms with E-state index in [9.17, 15) is 0 Å². The van der Waals surface area contributed by atoms with Crippen LogP contribution >= 0.6 is 11.8 Å². The van der Waals surface area contributed by atoms with E-state index in [1.54, 1.807) is 0 Å². The van der Waals surface area contributed by atoms with Crippen molar-refractivity contribution in [2.24, 2.45) is 5.73 Å². The van der Waals surface area contributed by atoms with E-state index >= 15 is 0 Å². The van der Waals surface area contributed by atoms with Gasteiger partial charge >= 0.3 is 0 Å². The van der Waals surface area contributed by atoms with Crippen LogP contribution < -0.4 is 5.73 Å². The average Bonchev–Trinajstić information content (AvgIpc) is 2.40. The van der Waals surface area contributed by atoms with Crippen molar-refractivity contribution in [3.63, 3.8) is 0 Å². The Bertz CT molecular complexity index is 388. The molecule has 2 rings (SSSR count). The number of nitrogens with two attached hydrogens (primary N) is 1. The monoisotopic (exact) mass is 265 g/mol. The minimum Gasteiger partial charge on any atom is -0.381 e. The second-order valence-electron chi connectivity index (χ2n) is 5.10. The normalized spacial score (nSPS) is 18.8. The lowest BCUT2D eigenvalue weighted by Gasteiger charge is -2.23. The van der Waals surface area contributed by atoms with E-state index in [0.717, 1.165) is 24.2 Å². The van der Waals surface area contributed by atoms with Crippen LogP contribution in [-0.2, 0) is 4.74 Å². The van der Waals surface area contributed by atoms with Crippen molar-refractivity contribution in [3.05, 3.63) is 34.9 Å². The minimum absolute atomic E-state index is 0.150. The van der Waals surface area contributed by atoms with Crippen LogP contribution in [0, 0.1) is 13.8 Å². The maximum absolute atomic E-state index is 6.28. The fraction of sp³-hybridized carbons (Fsp3) is 0.600. The van der Waals surface area contributed by atoms with Gasteiger partial charge in [-0.05, 0) is 43.4 Å². The maximum atomic E-state index is 6.28. The quantitative estimate of drug-likeness (QED) is 0.908. The zero-order valence-electron chi connectivity index (χ0n) is 11.3. The van der Waals surface area contributed by atoms with Gasteiger partial charge in [0.05, 0.1) is 0 Å². The molecule has 18 heavy (non-hydrogen) atoms. The smallest absolute Gasteiger partial charge is 0.0476 e. The molecule has 0 amide bonds. The van der Waals surface area contributed by atoms with Gasteiger partial charge in [-0.1, -0.05) is 18.2 Å². The molecule has 1 saturated heterocycles. The topological polar surface area (TPSA) is 35.2 Å². The molecule has 0 aromatic heterocycles.